The van der Waals surface area contributed by atoms with E-state index in [0.29, 0.717) is 18.8 Å². The Labute approximate surface area is 113 Å². The lowest BCUT2D eigenvalue weighted by atomic mass is 10.1. The van der Waals surface area contributed by atoms with Gasteiger partial charge in [-0.05, 0) is 18.4 Å². The molecule has 0 aromatic heterocycles. The normalized spacial score (nSPS) is 23.2. The van der Waals surface area contributed by atoms with E-state index in [2.05, 4.69) is 5.32 Å². The van der Waals surface area contributed by atoms with Crippen molar-refractivity contribution in [1.82, 2.24) is 5.32 Å². The van der Waals surface area contributed by atoms with E-state index in [4.69, 9.17) is 15.1 Å². The molecule has 0 amide bonds. The number of ether oxygens (including phenoxy) is 1. The molecule has 0 spiro atoms. The molecule has 1 aromatic rings. The van der Waals surface area contributed by atoms with E-state index in [-0.39, 0.29) is 12.1 Å². The summed E-state index contributed by atoms with van der Waals surface area (Å²) < 4.78 is 5.67. The van der Waals surface area contributed by atoms with E-state index >= 15 is 0 Å². The van der Waals surface area contributed by atoms with Crippen molar-refractivity contribution in [3.63, 3.8) is 0 Å². The predicted octanol–water partition coefficient (Wildman–Crippen LogP) is 2.29. The number of aliphatic hydroxyl groups excluding tert-OH is 1. The maximum atomic E-state index is 8.94. The fourth-order valence-corrected chi connectivity index (χ4v) is 2.29. The Hall–Kier alpha value is -1.83. The first-order chi connectivity index (χ1) is 9.33. The minimum Gasteiger partial charge on any atom is -0.514 e. The molecule has 2 N–H and O–H groups in total. The monoisotopic (exact) mass is 258 g/mol. The maximum absolute atomic E-state index is 8.94. The van der Waals surface area contributed by atoms with Gasteiger partial charge in [0.25, 0.3) is 0 Å². The first kappa shape index (κ1) is 13.6. The van der Waals surface area contributed by atoms with Crippen LogP contribution >= 0.6 is 0 Å². The predicted molar refractivity (Wildman–Crippen MR) is 72.4 cm³/mol. The number of nitriles is 1. The van der Waals surface area contributed by atoms with Crippen molar-refractivity contribution < 1.29 is 9.84 Å². The van der Waals surface area contributed by atoms with Crippen molar-refractivity contribution in [2.75, 3.05) is 6.61 Å². The summed E-state index contributed by atoms with van der Waals surface area (Å²) in [5.74, 6) is 0. The second-order valence-electron chi connectivity index (χ2n) is 4.69. The fourth-order valence-electron chi connectivity index (χ4n) is 2.29. The van der Waals surface area contributed by atoms with Crippen LogP contribution in [0, 0.1) is 11.3 Å². The fraction of sp³-hybridized carbons (Fsp3) is 0.400. The quantitative estimate of drug-likeness (QED) is 0.628. The van der Waals surface area contributed by atoms with E-state index in [0.717, 1.165) is 24.7 Å². The lowest BCUT2D eigenvalue weighted by molar-refractivity contribution is 0.103. The van der Waals surface area contributed by atoms with Crippen LogP contribution in [0.2, 0.25) is 0 Å². The Balaban J connectivity index is 1.73. The molecule has 2 atom stereocenters. The third-order valence-electron chi connectivity index (χ3n) is 3.31. The molecule has 2 unspecified atom stereocenters. The van der Waals surface area contributed by atoms with Crippen molar-refractivity contribution in [3.05, 3.63) is 47.7 Å². The molecule has 4 nitrogen and oxygen atoms in total. The van der Waals surface area contributed by atoms with Crippen LogP contribution in [0.1, 0.15) is 18.4 Å². The van der Waals surface area contributed by atoms with Gasteiger partial charge in [0.1, 0.15) is 0 Å². The molecular formula is C15H18N2O2. The number of hydrogen-bond donors (Lipinski definition) is 2. The maximum Gasteiger partial charge on any atom is 0.0996 e. The molecule has 1 saturated heterocycles. The second kappa shape index (κ2) is 6.93. The number of hydrogen-bond acceptors (Lipinski definition) is 4. The largest absolute Gasteiger partial charge is 0.514 e. The van der Waals surface area contributed by atoms with Gasteiger partial charge in [-0.25, -0.2) is 0 Å². The molecule has 4 heteroatoms. The molecule has 1 aromatic carbocycles. The standard InChI is InChI=1S/C15H18N2O2/c16-8-13(9-18)15-7-6-14(17-15)11-19-10-12-4-2-1-3-5-12/h1-5,9,14-15,17-18H,6-7,10-11H2/b13-9+. The topological polar surface area (TPSA) is 65.3 Å². The molecular weight excluding hydrogens is 240 g/mol. The summed E-state index contributed by atoms with van der Waals surface area (Å²) in [6, 6.07) is 12.3. The molecule has 0 aliphatic carbocycles. The molecule has 19 heavy (non-hydrogen) atoms. The highest BCUT2D eigenvalue weighted by molar-refractivity contribution is 5.26. The van der Waals surface area contributed by atoms with Crippen LogP contribution in [0.4, 0.5) is 0 Å². The van der Waals surface area contributed by atoms with Gasteiger partial charge >= 0.3 is 0 Å². The van der Waals surface area contributed by atoms with E-state index in [1.807, 2.05) is 36.4 Å². The Kier molecular flexibility index (Phi) is 4.96. The second-order valence-corrected chi connectivity index (χ2v) is 4.69. The molecule has 0 radical (unpaired) electrons. The van der Waals surface area contributed by atoms with Crippen molar-refractivity contribution in [2.24, 2.45) is 0 Å². The number of rotatable bonds is 5. The Morgan fingerprint density at radius 2 is 2.21 bits per heavy atom. The van der Waals surface area contributed by atoms with Crippen molar-refractivity contribution >= 4 is 0 Å². The van der Waals surface area contributed by atoms with E-state index < -0.39 is 0 Å². The molecule has 1 aliphatic rings. The lowest BCUT2D eigenvalue weighted by Gasteiger charge is -2.13. The van der Waals surface area contributed by atoms with Gasteiger partial charge in [-0.1, -0.05) is 30.3 Å². The molecule has 2 rings (SSSR count). The summed E-state index contributed by atoms with van der Waals surface area (Å²) in [6.45, 7) is 1.22. The Morgan fingerprint density at radius 1 is 1.42 bits per heavy atom. The van der Waals surface area contributed by atoms with Crippen molar-refractivity contribution in [2.45, 2.75) is 31.5 Å². The number of nitrogens with zero attached hydrogens (tertiary/aromatic N) is 1. The van der Waals surface area contributed by atoms with E-state index in [1.54, 1.807) is 0 Å². The summed E-state index contributed by atoms with van der Waals surface area (Å²) in [7, 11) is 0. The summed E-state index contributed by atoms with van der Waals surface area (Å²) in [5.41, 5.74) is 1.55. The zero-order valence-electron chi connectivity index (χ0n) is 10.7. The molecule has 100 valence electrons. The number of benzene rings is 1. The zero-order chi connectivity index (χ0) is 13.5. The molecule has 0 saturated carbocycles. The highest BCUT2D eigenvalue weighted by Gasteiger charge is 2.26. The van der Waals surface area contributed by atoms with Gasteiger partial charge in [0.15, 0.2) is 0 Å². The third kappa shape index (κ3) is 3.82. The van der Waals surface area contributed by atoms with Gasteiger partial charge in [0, 0.05) is 12.1 Å². The minimum absolute atomic E-state index is 0.0414. The SMILES string of the molecule is N#C/C(=C\O)C1CCC(COCc2ccccc2)N1. The minimum atomic E-state index is -0.0414. The molecule has 1 fully saturated rings. The highest BCUT2D eigenvalue weighted by atomic mass is 16.5. The summed E-state index contributed by atoms with van der Waals surface area (Å²) in [6.07, 6.45) is 2.71. The Bertz CT molecular complexity index is 465. The molecule has 0 bridgehead atoms. The van der Waals surface area contributed by atoms with Gasteiger partial charge in [-0.15, -0.1) is 0 Å². The van der Waals surface area contributed by atoms with Crippen LogP contribution in [0.5, 0.6) is 0 Å². The number of aliphatic hydroxyl groups is 1. The van der Waals surface area contributed by atoms with Gasteiger partial charge in [-0.2, -0.15) is 5.26 Å². The lowest BCUT2D eigenvalue weighted by Crippen LogP contribution is -2.33. The van der Waals surface area contributed by atoms with Gasteiger partial charge < -0.3 is 15.2 Å². The van der Waals surface area contributed by atoms with Crippen LogP contribution in [-0.4, -0.2) is 23.8 Å². The number of nitrogens with one attached hydrogen (secondary N) is 1. The van der Waals surface area contributed by atoms with Crippen LogP contribution in [0.3, 0.4) is 0 Å². The highest BCUT2D eigenvalue weighted by Crippen LogP contribution is 2.18. The third-order valence-corrected chi connectivity index (χ3v) is 3.31. The van der Waals surface area contributed by atoms with E-state index in [1.165, 1.54) is 0 Å². The van der Waals surface area contributed by atoms with Crippen LogP contribution in [0.25, 0.3) is 0 Å². The van der Waals surface area contributed by atoms with Crippen LogP contribution in [-0.2, 0) is 11.3 Å². The van der Waals surface area contributed by atoms with Crippen LogP contribution in [0.15, 0.2) is 42.2 Å². The van der Waals surface area contributed by atoms with Crippen LogP contribution < -0.4 is 5.32 Å². The van der Waals surface area contributed by atoms with Gasteiger partial charge in [0.2, 0.25) is 0 Å². The molecule has 1 aliphatic heterocycles. The van der Waals surface area contributed by atoms with Gasteiger partial charge in [-0.3, -0.25) is 0 Å². The smallest absolute Gasteiger partial charge is 0.0996 e. The zero-order valence-corrected chi connectivity index (χ0v) is 10.7. The Morgan fingerprint density at radius 3 is 2.89 bits per heavy atom. The van der Waals surface area contributed by atoms with E-state index in [9.17, 15) is 0 Å². The summed E-state index contributed by atoms with van der Waals surface area (Å²) in [4.78, 5) is 0. The van der Waals surface area contributed by atoms with Crippen molar-refractivity contribution in [3.8, 4) is 6.07 Å². The summed E-state index contributed by atoms with van der Waals surface area (Å²) >= 11 is 0. The average molecular weight is 258 g/mol. The summed E-state index contributed by atoms with van der Waals surface area (Å²) in [5, 5.41) is 21.1. The average Bonchev–Trinajstić information content (AvgIpc) is 2.90. The van der Waals surface area contributed by atoms with Gasteiger partial charge in [0.05, 0.1) is 31.1 Å². The van der Waals surface area contributed by atoms with Crippen molar-refractivity contribution in [1.29, 1.82) is 5.26 Å². The first-order valence-corrected chi connectivity index (χ1v) is 6.45. The molecule has 1 heterocycles. The first-order valence-electron chi connectivity index (χ1n) is 6.45.